The maximum Gasteiger partial charge on any atom is 0.265 e. The minimum Gasteiger partial charge on any atom is -0.494 e. The van der Waals surface area contributed by atoms with Crippen molar-refractivity contribution in [1.29, 1.82) is 0 Å². The number of nitrogens with one attached hydrogen (secondary N) is 2. The van der Waals surface area contributed by atoms with Gasteiger partial charge in [0.1, 0.15) is 5.75 Å². The molecule has 2 aliphatic rings. The Morgan fingerprint density at radius 1 is 1.09 bits per heavy atom. The third-order valence-corrected chi connectivity index (χ3v) is 12.3. The number of amides is 1. The summed E-state index contributed by atoms with van der Waals surface area (Å²) in [4.78, 5) is 20.8. The van der Waals surface area contributed by atoms with Gasteiger partial charge in [0.2, 0.25) is 0 Å². The standard InChI is InChI=1S/C29H30N4O6S3.ClH/c34-26(32-35)29(14-18-38-19-15-29)42(36,37)21-12-10-20(11-13-21)39-17-5-16-33(27-30-22-6-1-3-8-24(22)40-27)28-31-23-7-2-4-9-25(23)41-28;/h1-4,6-13,27,30,35H,5,14-19H2,(H,32,34);1H. The summed E-state index contributed by atoms with van der Waals surface area (Å²) < 4.78 is 37.6. The zero-order valence-electron chi connectivity index (χ0n) is 23.0. The van der Waals surface area contributed by atoms with E-state index in [-0.39, 0.29) is 48.9 Å². The van der Waals surface area contributed by atoms with Gasteiger partial charge >= 0.3 is 0 Å². The largest absolute Gasteiger partial charge is 0.494 e. The van der Waals surface area contributed by atoms with Crippen LogP contribution in [0.5, 0.6) is 5.75 Å². The van der Waals surface area contributed by atoms with E-state index in [2.05, 4.69) is 28.4 Å². The lowest BCUT2D eigenvalue weighted by atomic mass is 9.98. The van der Waals surface area contributed by atoms with Gasteiger partial charge in [-0.1, -0.05) is 47.4 Å². The number of aromatic nitrogens is 1. The fraction of sp³-hybridized carbons (Fsp3) is 0.310. The first-order valence-corrected chi connectivity index (χ1v) is 16.7. The van der Waals surface area contributed by atoms with Crippen molar-refractivity contribution < 1.29 is 27.9 Å². The number of hydroxylamine groups is 1. The van der Waals surface area contributed by atoms with Crippen LogP contribution >= 0.6 is 35.5 Å². The first kappa shape index (κ1) is 31.4. The number of nitrogens with zero attached hydrogens (tertiary/aromatic N) is 2. The van der Waals surface area contributed by atoms with Crippen LogP contribution in [0.15, 0.2) is 82.6 Å². The SMILES string of the molecule is Cl.O=C(NO)C1(S(=O)(=O)c2ccc(OCCCN(c3nc4ccccc4s3)C3Nc4ccccc4S3)cc2)CCOCC1. The molecule has 2 aliphatic heterocycles. The minimum atomic E-state index is -4.09. The molecule has 1 atom stereocenters. The smallest absolute Gasteiger partial charge is 0.265 e. The molecule has 14 heteroatoms. The van der Waals surface area contributed by atoms with E-state index in [1.807, 2.05) is 30.3 Å². The molecule has 0 radical (unpaired) electrons. The van der Waals surface area contributed by atoms with Gasteiger partial charge in [0.25, 0.3) is 5.91 Å². The summed E-state index contributed by atoms with van der Waals surface area (Å²) in [5.74, 6) is -0.421. The summed E-state index contributed by atoms with van der Waals surface area (Å²) >= 11 is 3.41. The summed E-state index contributed by atoms with van der Waals surface area (Å²) in [7, 11) is -4.09. The van der Waals surface area contributed by atoms with Gasteiger partial charge in [-0.15, -0.1) is 12.4 Å². The highest BCUT2D eigenvalue weighted by Crippen LogP contribution is 2.42. The lowest BCUT2D eigenvalue weighted by Gasteiger charge is -2.34. The zero-order chi connectivity index (χ0) is 29.2. The molecule has 0 saturated carbocycles. The second kappa shape index (κ2) is 13.3. The van der Waals surface area contributed by atoms with Crippen LogP contribution in [0, 0.1) is 0 Å². The maximum atomic E-state index is 13.5. The van der Waals surface area contributed by atoms with Crippen molar-refractivity contribution in [3.05, 3.63) is 72.8 Å². The molecule has 3 heterocycles. The number of fused-ring (bicyclic) bond motifs is 2. The number of anilines is 2. The fourth-order valence-electron chi connectivity index (χ4n) is 5.20. The van der Waals surface area contributed by atoms with Crippen molar-refractivity contribution in [3.63, 3.8) is 0 Å². The second-order valence-corrected chi connectivity index (χ2v) is 14.4. The molecule has 3 N–H and O–H groups in total. The van der Waals surface area contributed by atoms with Gasteiger partial charge in [-0.3, -0.25) is 10.0 Å². The van der Waals surface area contributed by atoms with Crippen LogP contribution in [0.4, 0.5) is 10.8 Å². The molecule has 0 aliphatic carbocycles. The van der Waals surface area contributed by atoms with Crippen molar-refractivity contribution in [1.82, 2.24) is 10.5 Å². The average Bonchev–Trinajstić information content (AvgIpc) is 3.65. The molecule has 4 aromatic rings. The molecule has 3 aromatic carbocycles. The van der Waals surface area contributed by atoms with E-state index in [0.29, 0.717) is 25.3 Å². The van der Waals surface area contributed by atoms with E-state index in [9.17, 15) is 18.4 Å². The number of benzene rings is 3. The lowest BCUT2D eigenvalue weighted by Crippen LogP contribution is -2.54. The van der Waals surface area contributed by atoms with Crippen molar-refractivity contribution in [2.45, 2.75) is 39.3 Å². The summed E-state index contributed by atoms with van der Waals surface area (Å²) in [5, 5.41) is 13.8. The molecule has 228 valence electrons. The van der Waals surface area contributed by atoms with Gasteiger partial charge in [0.15, 0.2) is 25.2 Å². The van der Waals surface area contributed by atoms with Crippen molar-refractivity contribution >= 4 is 72.3 Å². The first-order chi connectivity index (χ1) is 20.4. The number of carbonyl (C=O) groups excluding carboxylic acids is 1. The van der Waals surface area contributed by atoms with Crippen LogP contribution in [-0.2, 0) is 19.4 Å². The Hall–Kier alpha value is -3.07. The van der Waals surface area contributed by atoms with Crippen LogP contribution in [0.25, 0.3) is 10.2 Å². The minimum absolute atomic E-state index is 0. The number of thioether (sulfide) groups is 1. The van der Waals surface area contributed by atoms with Crippen molar-refractivity contribution in [3.8, 4) is 5.75 Å². The van der Waals surface area contributed by atoms with E-state index >= 15 is 0 Å². The predicted octanol–water partition coefficient (Wildman–Crippen LogP) is 5.32. The number of ether oxygens (including phenoxy) is 2. The van der Waals surface area contributed by atoms with Gasteiger partial charge in [0, 0.05) is 24.7 Å². The van der Waals surface area contributed by atoms with E-state index in [0.717, 1.165) is 21.0 Å². The number of carbonyl (C=O) groups is 1. The maximum absolute atomic E-state index is 13.5. The molecule has 6 rings (SSSR count). The summed E-state index contributed by atoms with van der Waals surface area (Å²) in [6.45, 7) is 1.32. The highest BCUT2D eigenvalue weighted by Gasteiger charge is 2.52. The number of para-hydroxylation sites is 2. The monoisotopic (exact) mass is 662 g/mol. The number of halogens is 1. The molecule has 1 aromatic heterocycles. The Bertz CT molecular complexity index is 1620. The molecule has 0 spiro atoms. The van der Waals surface area contributed by atoms with Gasteiger partial charge in [-0.05, 0) is 67.8 Å². The molecule has 1 amide bonds. The molecule has 1 unspecified atom stereocenters. The molecular formula is C29H31ClN4O6S3. The normalized spacial score (nSPS) is 17.4. The highest BCUT2D eigenvalue weighted by molar-refractivity contribution is 8.00. The van der Waals surface area contributed by atoms with Gasteiger partial charge in [-0.2, -0.15) is 0 Å². The van der Waals surface area contributed by atoms with Crippen LogP contribution in [-0.4, -0.2) is 61.1 Å². The Balaban J connectivity index is 0.00000368. The van der Waals surface area contributed by atoms with E-state index in [1.165, 1.54) is 22.5 Å². The summed E-state index contributed by atoms with van der Waals surface area (Å²) in [6.07, 6.45) is 0.625. The quantitative estimate of drug-likeness (QED) is 0.116. The third-order valence-electron chi connectivity index (χ3n) is 7.49. The molecule has 10 nitrogen and oxygen atoms in total. The molecular weight excluding hydrogens is 632 g/mol. The van der Waals surface area contributed by atoms with Crippen molar-refractivity contribution in [2.75, 3.05) is 36.6 Å². The van der Waals surface area contributed by atoms with Crippen LogP contribution in [0.2, 0.25) is 0 Å². The van der Waals surface area contributed by atoms with E-state index in [1.54, 1.807) is 35.2 Å². The molecule has 1 fully saturated rings. The Morgan fingerprint density at radius 2 is 1.81 bits per heavy atom. The van der Waals surface area contributed by atoms with Crippen LogP contribution < -0.4 is 20.4 Å². The fourth-order valence-corrected chi connectivity index (χ4v) is 9.39. The summed E-state index contributed by atoms with van der Waals surface area (Å²) in [5.41, 5.74) is 3.59. The van der Waals surface area contributed by atoms with Gasteiger partial charge < -0.3 is 19.7 Å². The number of rotatable bonds is 10. The number of hydrogen-bond donors (Lipinski definition) is 3. The van der Waals surface area contributed by atoms with Gasteiger partial charge in [0.05, 0.1) is 27.4 Å². The zero-order valence-corrected chi connectivity index (χ0v) is 26.2. The second-order valence-electron chi connectivity index (χ2n) is 9.99. The third kappa shape index (κ3) is 6.15. The Kier molecular flexibility index (Phi) is 9.69. The first-order valence-electron chi connectivity index (χ1n) is 13.6. The van der Waals surface area contributed by atoms with E-state index < -0.39 is 20.5 Å². The molecule has 0 bridgehead atoms. The lowest BCUT2D eigenvalue weighted by molar-refractivity contribution is -0.134. The number of hydrogen-bond acceptors (Lipinski definition) is 11. The van der Waals surface area contributed by atoms with Crippen LogP contribution in [0.1, 0.15) is 19.3 Å². The van der Waals surface area contributed by atoms with Crippen molar-refractivity contribution in [2.24, 2.45) is 0 Å². The topological polar surface area (TPSA) is 130 Å². The predicted molar refractivity (Wildman–Crippen MR) is 170 cm³/mol. The highest BCUT2D eigenvalue weighted by atomic mass is 35.5. The van der Waals surface area contributed by atoms with Gasteiger partial charge in [-0.25, -0.2) is 18.9 Å². The van der Waals surface area contributed by atoms with E-state index in [4.69, 9.17) is 14.5 Å². The Morgan fingerprint density at radius 3 is 2.53 bits per heavy atom. The Labute approximate surface area is 264 Å². The van der Waals surface area contributed by atoms with Crippen LogP contribution in [0.3, 0.4) is 0 Å². The molecule has 1 saturated heterocycles. The molecule has 43 heavy (non-hydrogen) atoms. The summed E-state index contributed by atoms with van der Waals surface area (Å²) in [6, 6.07) is 22.4. The average molecular weight is 663 g/mol. The number of sulfone groups is 1. The number of thiazole rings is 1.